The average molecular weight is 155 g/mol. The second kappa shape index (κ2) is 3.32. The number of aliphatic hydroxyl groups is 2. The quantitative estimate of drug-likeness (QED) is 0.531. The molecule has 0 saturated carbocycles. The van der Waals surface area contributed by atoms with Crippen molar-refractivity contribution in [3.63, 3.8) is 0 Å². The van der Waals surface area contributed by atoms with Gasteiger partial charge >= 0.3 is 0 Å². The van der Waals surface area contributed by atoms with E-state index in [-0.39, 0.29) is 18.6 Å². The molecular weight excluding hydrogens is 146 g/mol. The van der Waals surface area contributed by atoms with E-state index in [4.69, 9.17) is 10.2 Å². The Bertz CT molecular complexity index is 267. The van der Waals surface area contributed by atoms with Crippen molar-refractivity contribution in [3.8, 4) is 0 Å². The Morgan fingerprint density at radius 3 is 2.00 bits per heavy atom. The summed E-state index contributed by atoms with van der Waals surface area (Å²) in [4.78, 5) is 13.5. The monoisotopic (exact) mass is 155 g/mol. The van der Waals surface area contributed by atoms with Crippen LogP contribution in [0.5, 0.6) is 0 Å². The number of pyridine rings is 1. The standard InChI is InChI=1S/C7H9NO3/c9-3-5-1-7(11)2-6(4-10)8-5/h1-2,9-10H,3-4H2,(H,8,11). The van der Waals surface area contributed by atoms with Crippen LogP contribution in [0.4, 0.5) is 0 Å². The number of rotatable bonds is 2. The molecule has 0 atom stereocenters. The van der Waals surface area contributed by atoms with Crippen LogP contribution < -0.4 is 5.43 Å². The fourth-order valence-electron chi connectivity index (χ4n) is 0.834. The summed E-state index contributed by atoms with van der Waals surface area (Å²) in [5.74, 6) is 0. The molecule has 1 rings (SSSR count). The molecule has 0 radical (unpaired) electrons. The van der Waals surface area contributed by atoms with E-state index in [1.54, 1.807) is 0 Å². The van der Waals surface area contributed by atoms with Crippen LogP contribution >= 0.6 is 0 Å². The third-order valence-corrected chi connectivity index (χ3v) is 1.29. The van der Waals surface area contributed by atoms with Crippen LogP contribution in [-0.4, -0.2) is 15.2 Å². The van der Waals surface area contributed by atoms with E-state index in [2.05, 4.69) is 4.98 Å². The highest BCUT2D eigenvalue weighted by atomic mass is 16.3. The van der Waals surface area contributed by atoms with Gasteiger partial charge in [-0.15, -0.1) is 0 Å². The number of aliphatic hydroxyl groups excluding tert-OH is 2. The molecule has 60 valence electrons. The maximum absolute atomic E-state index is 10.8. The highest BCUT2D eigenvalue weighted by molar-refractivity contribution is 5.10. The van der Waals surface area contributed by atoms with Crippen molar-refractivity contribution in [2.24, 2.45) is 0 Å². The molecule has 0 saturated heterocycles. The van der Waals surface area contributed by atoms with Gasteiger partial charge in [0.15, 0.2) is 5.43 Å². The molecule has 0 aromatic carbocycles. The zero-order valence-corrected chi connectivity index (χ0v) is 5.87. The number of aromatic nitrogens is 1. The maximum atomic E-state index is 10.8. The third-order valence-electron chi connectivity index (χ3n) is 1.29. The van der Waals surface area contributed by atoms with Gasteiger partial charge in [0.2, 0.25) is 0 Å². The number of hydrogen-bond donors (Lipinski definition) is 3. The van der Waals surface area contributed by atoms with Gasteiger partial charge < -0.3 is 15.2 Å². The van der Waals surface area contributed by atoms with Gasteiger partial charge in [-0.05, 0) is 0 Å². The molecule has 1 aromatic rings. The number of hydrogen-bond acceptors (Lipinski definition) is 3. The lowest BCUT2D eigenvalue weighted by Crippen LogP contribution is -2.06. The Balaban J connectivity index is 3.12. The minimum absolute atomic E-state index is 0.211. The average Bonchev–Trinajstić information content (AvgIpc) is 2.03. The molecule has 4 heteroatoms. The molecule has 1 heterocycles. The van der Waals surface area contributed by atoms with E-state index in [9.17, 15) is 4.79 Å². The lowest BCUT2D eigenvalue weighted by Gasteiger charge is -1.99. The first-order chi connectivity index (χ1) is 5.26. The summed E-state index contributed by atoms with van der Waals surface area (Å²) in [6.45, 7) is -0.438. The molecule has 0 aliphatic carbocycles. The molecule has 0 spiro atoms. The summed E-state index contributed by atoms with van der Waals surface area (Å²) < 4.78 is 0. The number of aromatic amines is 1. The topological polar surface area (TPSA) is 73.3 Å². The second-order valence-electron chi connectivity index (χ2n) is 2.18. The lowest BCUT2D eigenvalue weighted by molar-refractivity contribution is 0.265. The van der Waals surface area contributed by atoms with Crippen LogP contribution in [0, 0.1) is 0 Å². The maximum Gasteiger partial charge on any atom is 0.182 e. The first kappa shape index (κ1) is 7.97. The van der Waals surface area contributed by atoms with Gasteiger partial charge in [-0.1, -0.05) is 0 Å². The minimum atomic E-state index is -0.219. The van der Waals surface area contributed by atoms with Gasteiger partial charge in [-0.3, -0.25) is 4.79 Å². The van der Waals surface area contributed by atoms with Gasteiger partial charge in [0.25, 0.3) is 0 Å². The summed E-state index contributed by atoms with van der Waals surface area (Å²) in [5.41, 5.74) is 0.625. The van der Waals surface area contributed by atoms with Crippen LogP contribution in [0.3, 0.4) is 0 Å². The Kier molecular flexibility index (Phi) is 2.40. The summed E-state index contributed by atoms with van der Waals surface area (Å²) in [6.07, 6.45) is 0. The largest absolute Gasteiger partial charge is 0.390 e. The molecule has 4 nitrogen and oxygen atoms in total. The van der Waals surface area contributed by atoms with Gasteiger partial charge in [-0.2, -0.15) is 0 Å². The van der Waals surface area contributed by atoms with Gasteiger partial charge in [-0.25, -0.2) is 0 Å². The number of nitrogens with one attached hydrogen (secondary N) is 1. The number of H-pyrrole nitrogens is 1. The first-order valence-corrected chi connectivity index (χ1v) is 3.20. The van der Waals surface area contributed by atoms with Crippen molar-refractivity contribution in [2.75, 3.05) is 0 Å². The highest BCUT2D eigenvalue weighted by Crippen LogP contribution is 1.93. The van der Waals surface area contributed by atoms with E-state index in [1.165, 1.54) is 12.1 Å². The van der Waals surface area contributed by atoms with Crippen molar-refractivity contribution in [1.82, 2.24) is 4.98 Å². The van der Waals surface area contributed by atoms with Crippen molar-refractivity contribution >= 4 is 0 Å². The van der Waals surface area contributed by atoms with Gasteiger partial charge in [0.05, 0.1) is 13.2 Å². The van der Waals surface area contributed by atoms with Crippen LogP contribution in [0.2, 0.25) is 0 Å². The van der Waals surface area contributed by atoms with E-state index in [0.29, 0.717) is 11.4 Å². The molecule has 0 unspecified atom stereocenters. The zero-order chi connectivity index (χ0) is 8.27. The predicted octanol–water partition coefficient (Wildman–Crippen LogP) is -0.641. The highest BCUT2D eigenvalue weighted by Gasteiger charge is 1.95. The molecule has 0 aliphatic heterocycles. The Labute approximate surface area is 63.1 Å². The summed E-state index contributed by atoms with van der Waals surface area (Å²) in [7, 11) is 0. The van der Waals surface area contributed by atoms with E-state index in [1.807, 2.05) is 0 Å². The molecule has 1 aromatic heterocycles. The van der Waals surface area contributed by atoms with E-state index < -0.39 is 0 Å². The normalized spacial score (nSPS) is 10.0. The first-order valence-electron chi connectivity index (χ1n) is 3.20. The molecule has 0 amide bonds. The van der Waals surface area contributed by atoms with Crippen LogP contribution in [0.15, 0.2) is 16.9 Å². The van der Waals surface area contributed by atoms with E-state index >= 15 is 0 Å². The molecular formula is C7H9NO3. The van der Waals surface area contributed by atoms with Crippen LogP contribution in [0.1, 0.15) is 11.4 Å². The minimum Gasteiger partial charge on any atom is -0.390 e. The summed E-state index contributed by atoms with van der Waals surface area (Å²) >= 11 is 0. The van der Waals surface area contributed by atoms with Crippen LogP contribution in [-0.2, 0) is 13.2 Å². The van der Waals surface area contributed by atoms with Crippen molar-refractivity contribution in [3.05, 3.63) is 33.7 Å². The smallest absolute Gasteiger partial charge is 0.182 e. The van der Waals surface area contributed by atoms with Gasteiger partial charge in [0.1, 0.15) is 0 Å². The summed E-state index contributed by atoms with van der Waals surface area (Å²) in [5, 5.41) is 17.3. The Hall–Kier alpha value is -1.13. The SMILES string of the molecule is O=c1cc(CO)[nH]c(CO)c1. The molecule has 0 aliphatic rings. The second-order valence-corrected chi connectivity index (χ2v) is 2.18. The van der Waals surface area contributed by atoms with Crippen molar-refractivity contribution in [2.45, 2.75) is 13.2 Å². The Morgan fingerprint density at radius 2 is 1.64 bits per heavy atom. The van der Waals surface area contributed by atoms with Gasteiger partial charge in [0, 0.05) is 23.5 Å². The predicted molar refractivity (Wildman–Crippen MR) is 38.9 cm³/mol. The van der Waals surface area contributed by atoms with E-state index in [0.717, 1.165) is 0 Å². The zero-order valence-electron chi connectivity index (χ0n) is 5.87. The molecule has 3 N–H and O–H groups in total. The molecule has 0 fully saturated rings. The van der Waals surface area contributed by atoms with Crippen molar-refractivity contribution < 1.29 is 10.2 Å². The Morgan fingerprint density at radius 1 is 1.18 bits per heavy atom. The fourth-order valence-corrected chi connectivity index (χ4v) is 0.834. The molecule has 0 bridgehead atoms. The van der Waals surface area contributed by atoms with Crippen LogP contribution in [0.25, 0.3) is 0 Å². The van der Waals surface area contributed by atoms with Crippen molar-refractivity contribution in [1.29, 1.82) is 0 Å². The lowest BCUT2D eigenvalue weighted by atomic mass is 10.3. The third kappa shape index (κ3) is 1.89. The fraction of sp³-hybridized carbons (Fsp3) is 0.286. The summed E-state index contributed by atoms with van der Waals surface area (Å²) in [6, 6.07) is 2.58. The molecule has 11 heavy (non-hydrogen) atoms.